The van der Waals surface area contributed by atoms with Gasteiger partial charge in [0, 0.05) is 18.6 Å². The number of nitrogens with one attached hydrogen (secondary N) is 1. The van der Waals surface area contributed by atoms with Crippen molar-refractivity contribution >= 4 is 0 Å². The maximum absolute atomic E-state index is 3.70. The van der Waals surface area contributed by atoms with Crippen LogP contribution in [0.5, 0.6) is 0 Å². The van der Waals surface area contributed by atoms with Crippen LogP contribution >= 0.6 is 0 Å². The van der Waals surface area contributed by atoms with E-state index in [-0.39, 0.29) is 0 Å². The van der Waals surface area contributed by atoms with Crippen molar-refractivity contribution in [2.75, 3.05) is 19.6 Å². The number of hydrogen-bond donors (Lipinski definition) is 1. The fraction of sp³-hybridized carbons (Fsp3) is 1.00. The van der Waals surface area contributed by atoms with Crippen molar-refractivity contribution in [3.05, 3.63) is 0 Å². The molecule has 1 aliphatic heterocycles. The van der Waals surface area contributed by atoms with Gasteiger partial charge in [-0.3, -0.25) is 0 Å². The van der Waals surface area contributed by atoms with Gasteiger partial charge in [-0.05, 0) is 58.0 Å². The minimum absolute atomic E-state index is 0.705. The molecule has 0 radical (unpaired) electrons. The second-order valence-electron chi connectivity index (χ2n) is 6.43. The van der Waals surface area contributed by atoms with Crippen molar-refractivity contribution in [3.63, 3.8) is 0 Å². The summed E-state index contributed by atoms with van der Waals surface area (Å²) in [4.78, 5) is 2.82. The molecule has 1 heterocycles. The molecule has 2 aliphatic rings. The number of hydrogen-bond acceptors (Lipinski definition) is 2. The Morgan fingerprint density at radius 2 is 1.89 bits per heavy atom. The molecule has 2 rings (SSSR count). The van der Waals surface area contributed by atoms with Gasteiger partial charge in [-0.2, -0.15) is 0 Å². The lowest BCUT2D eigenvalue weighted by Crippen LogP contribution is -2.48. The minimum Gasteiger partial charge on any atom is -0.314 e. The largest absolute Gasteiger partial charge is 0.314 e. The minimum atomic E-state index is 0.705. The van der Waals surface area contributed by atoms with Crippen LogP contribution in [0.15, 0.2) is 0 Å². The molecule has 0 amide bonds. The molecule has 0 aromatic rings. The fourth-order valence-corrected chi connectivity index (χ4v) is 3.76. The highest BCUT2D eigenvalue weighted by molar-refractivity contribution is 4.85. The standard InChI is InChI=1S/C16H32N2/c1-3-11-17-14(2)15-8-7-12-18(13-15)16-9-5-4-6-10-16/h14-17H,3-13H2,1-2H3. The summed E-state index contributed by atoms with van der Waals surface area (Å²) >= 11 is 0. The van der Waals surface area contributed by atoms with E-state index in [4.69, 9.17) is 0 Å². The van der Waals surface area contributed by atoms with Gasteiger partial charge in [0.15, 0.2) is 0 Å². The monoisotopic (exact) mass is 252 g/mol. The molecule has 18 heavy (non-hydrogen) atoms. The normalized spacial score (nSPS) is 29.3. The summed E-state index contributed by atoms with van der Waals surface area (Å²) in [6.07, 6.45) is 11.4. The van der Waals surface area contributed by atoms with Gasteiger partial charge in [0.2, 0.25) is 0 Å². The van der Waals surface area contributed by atoms with E-state index in [0.717, 1.165) is 12.0 Å². The predicted octanol–water partition coefficient (Wildman–Crippen LogP) is 3.42. The third-order valence-corrected chi connectivity index (χ3v) is 5.00. The van der Waals surface area contributed by atoms with Gasteiger partial charge in [0.05, 0.1) is 0 Å². The van der Waals surface area contributed by atoms with Crippen LogP contribution in [0.4, 0.5) is 0 Å². The Labute approximate surface area is 114 Å². The van der Waals surface area contributed by atoms with Crippen molar-refractivity contribution in [2.24, 2.45) is 5.92 Å². The van der Waals surface area contributed by atoms with Crippen LogP contribution in [0.3, 0.4) is 0 Å². The van der Waals surface area contributed by atoms with Gasteiger partial charge in [-0.25, -0.2) is 0 Å². The zero-order valence-electron chi connectivity index (χ0n) is 12.5. The summed E-state index contributed by atoms with van der Waals surface area (Å²) in [5.41, 5.74) is 0. The highest BCUT2D eigenvalue weighted by atomic mass is 15.2. The molecule has 1 N–H and O–H groups in total. The Balaban J connectivity index is 1.79. The van der Waals surface area contributed by atoms with Crippen LogP contribution in [0.25, 0.3) is 0 Å². The molecule has 106 valence electrons. The molecular weight excluding hydrogens is 220 g/mol. The van der Waals surface area contributed by atoms with Gasteiger partial charge < -0.3 is 10.2 Å². The lowest BCUT2D eigenvalue weighted by atomic mass is 9.87. The van der Waals surface area contributed by atoms with Gasteiger partial charge in [0.25, 0.3) is 0 Å². The van der Waals surface area contributed by atoms with E-state index < -0.39 is 0 Å². The van der Waals surface area contributed by atoms with Crippen LogP contribution in [0.1, 0.15) is 65.2 Å². The van der Waals surface area contributed by atoms with Crippen LogP contribution in [-0.2, 0) is 0 Å². The second kappa shape index (κ2) is 7.49. The van der Waals surface area contributed by atoms with Crippen molar-refractivity contribution in [1.82, 2.24) is 10.2 Å². The smallest absolute Gasteiger partial charge is 0.00953 e. The molecule has 1 saturated heterocycles. The topological polar surface area (TPSA) is 15.3 Å². The average Bonchev–Trinajstić information content (AvgIpc) is 2.46. The molecule has 0 aromatic heterocycles. The van der Waals surface area contributed by atoms with Crippen LogP contribution in [0, 0.1) is 5.92 Å². The number of piperidine rings is 1. The van der Waals surface area contributed by atoms with Crippen molar-refractivity contribution < 1.29 is 0 Å². The Kier molecular flexibility index (Phi) is 5.97. The quantitative estimate of drug-likeness (QED) is 0.806. The molecular formula is C16H32N2. The first-order valence-electron chi connectivity index (χ1n) is 8.28. The van der Waals surface area contributed by atoms with Gasteiger partial charge in [-0.1, -0.05) is 26.2 Å². The van der Waals surface area contributed by atoms with E-state index in [1.165, 1.54) is 71.0 Å². The first-order valence-corrected chi connectivity index (χ1v) is 8.28. The van der Waals surface area contributed by atoms with Crippen molar-refractivity contribution in [2.45, 2.75) is 77.3 Å². The Morgan fingerprint density at radius 3 is 2.61 bits per heavy atom. The number of likely N-dealkylation sites (tertiary alicyclic amines) is 1. The van der Waals surface area contributed by atoms with E-state index in [1.54, 1.807) is 0 Å². The molecule has 2 fully saturated rings. The third-order valence-electron chi connectivity index (χ3n) is 5.00. The SMILES string of the molecule is CCCNC(C)C1CCCN(C2CCCCC2)C1. The molecule has 0 aromatic carbocycles. The molecule has 1 saturated carbocycles. The van der Waals surface area contributed by atoms with Crippen molar-refractivity contribution in [1.29, 1.82) is 0 Å². The molecule has 0 spiro atoms. The molecule has 2 heteroatoms. The first-order chi connectivity index (χ1) is 8.81. The third kappa shape index (κ3) is 3.96. The molecule has 1 aliphatic carbocycles. The van der Waals surface area contributed by atoms with Gasteiger partial charge >= 0.3 is 0 Å². The maximum atomic E-state index is 3.70. The Hall–Kier alpha value is -0.0800. The van der Waals surface area contributed by atoms with E-state index >= 15 is 0 Å². The molecule has 2 atom stereocenters. The lowest BCUT2D eigenvalue weighted by Gasteiger charge is -2.41. The maximum Gasteiger partial charge on any atom is 0.00953 e. The summed E-state index contributed by atoms with van der Waals surface area (Å²) in [7, 11) is 0. The molecule has 0 bridgehead atoms. The van der Waals surface area contributed by atoms with Crippen LogP contribution in [-0.4, -0.2) is 36.6 Å². The first kappa shape index (κ1) is 14.3. The zero-order chi connectivity index (χ0) is 12.8. The van der Waals surface area contributed by atoms with Gasteiger partial charge in [0.1, 0.15) is 0 Å². The van der Waals surface area contributed by atoms with Crippen LogP contribution < -0.4 is 5.32 Å². The highest BCUT2D eigenvalue weighted by Gasteiger charge is 2.29. The molecule has 2 unspecified atom stereocenters. The molecule has 2 nitrogen and oxygen atoms in total. The summed E-state index contributed by atoms with van der Waals surface area (Å²) < 4.78 is 0. The lowest BCUT2D eigenvalue weighted by molar-refractivity contribution is 0.0863. The Morgan fingerprint density at radius 1 is 1.11 bits per heavy atom. The number of nitrogens with zero attached hydrogens (tertiary/aromatic N) is 1. The van der Waals surface area contributed by atoms with E-state index in [2.05, 4.69) is 24.1 Å². The average molecular weight is 252 g/mol. The van der Waals surface area contributed by atoms with E-state index in [1.807, 2.05) is 0 Å². The summed E-state index contributed by atoms with van der Waals surface area (Å²) in [6, 6.07) is 1.62. The van der Waals surface area contributed by atoms with Gasteiger partial charge in [-0.15, -0.1) is 0 Å². The zero-order valence-corrected chi connectivity index (χ0v) is 12.5. The fourth-order valence-electron chi connectivity index (χ4n) is 3.76. The second-order valence-corrected chi connectivity index (χ2v) is 6.43. The van der Waals surface area contributed by atoms with Crippen LogP contribution in [0.2, 0.25) is 0 Å². The summed E-state index contributed by atoms with van der Waals surface area (Å²) in [5.74, 6) is 0.882. The summed E-state index contributed by atoms with van der Waals surface area (Å²) in [5, 5.41) is 3.70. The highest BCUT2D eigenvalue weighted by Crippen LogP contribution is 2.28. The predicted molar refractivity (Wildman–Crippen MR) is 78.9 cm³/mol. The van der Waals surface area contributed by atoms with E-state index in [9.17, 15) is 0 Å². The summed E-state index contributed by atoms with van der Waals surface area (Å²) in [6.45, 7) is 8.55. The number of rotatable bonds is 5. The van der Waals surface area contributed by atoms with E-state index in [0.29, 0.717) is 6.04 Å². The van der Waals surface area contributed by atoms with Crippen molar-refractivity contribution in [3.8, 4) is 0 Å². The Bertz CT molecular complexity index is 223.